The van der Waals surface area contributed by atoms with E-state index in [2.05, 4.69) is 5.32 Å². The molecule has 0 saturated carbocycles. The van der Waals surface area contributed by atoms with E-state index >= 15 is 0 Å². The largest absolute Gasteiger partial charge is 0.335 e. The predicted octanol–water partition coefficient (Wildman–Crippen LogP) is 3.76. The van der Waals surface area contributed by atoms with E-state index in [1.165, 1.54) is 0 Å². The Balaban J connectivity index is 1.67. The van der Waals surface area contributed by atoms with Crippen molar-refractivity contribution in [3.05, 3.63) is 64.7 Å². The van der Waals surface area contributed by atoms with Crippen LogP contribution in [-0.2, 0) is 9.59 Å². The molecular formula is C20H18ClN3O2. The van der Waals surface area contributed by atoms with Crippen LogP contribution in [0.2, 0.25) is 5.02 Å². The number of benzene rings is 2. The summed E-state index contributed by atoms with van der Waals surface area (Å²) in [5.41, 5.74) is 1.91. The summed E-state index contributed by atoms with van der Waals surface area (Å²) in [5, 5.41) is 12.0. The third-order valence-corrected chi connectivity index (χ3v) is 4.95. The number of carbonyl (C=O) groups is 2. The fourth-order valence-corrected chi connectivity index (χ4v) is 3.34. The molecule has 132 valence electrons. The van der Waals surface area contributed by atoms with E-state index in [1.54, 1.807) is 23.1 Å². The molecule has 0 aromatic heterocycles. The molecule has 1 fully saturated rings. The molecular weight excluding hydrogens is 350 g/mol. The highest BCUT2D eigenvalue weighted by atomic mass is 35.5. The molecule has 1 N–H and O–H groups in total. The zero-order chi connectivity index (χ0) is 18.7. The van der Waals surface area contributed by atoms with E-state index in [4.69, 9.17) is 16.9 Å². The lowest BCUT2D eigenvalue weighted by Gasteiger charge is -2.25. The first kappa shape index (κ1) is 18.0. The number of nitriles is 1. The van der Waals surface area contributed by atoms with E-state index < -0.39 is 5.92 Å². The van der Waals surface area contributed by atoms with Crippen LogP contribution in [0.3, 0.4) is 0 Å². The summed E-state index contributed by atoms with van der Waals surface area (Å²) < 4.78 is 0. The molecule has 1 aliphatic heterocycles. The van der Waals surface area contributed by atoms with Crippen molar-refractivity contribution in [3.63, 3.8) is 0 Å². The first-order chi connectivity index (χ1) is 12.5. The number of carbonyl (C=O) groups excluding carboxylic acids is 2. The molecule has 26 heavy (non-hydrogen) atoms. The Kier molecular flexibility index (Phi) is 5.24. The van der Waals surface area contributed by atoms with Crippen molar-refractivity contribution in [2.24, 2.45) is 5.92 Å². The number of likely N-dealkylation sites (tertiary alicyclic amines) is 1. The van der Waals surface area contributed by atoms with Crippen LogP contribution in [0.4, 0.5) is 5.69 Å². The lowest BCUT2D eigenvalue weighted by Crippen LogP contribution is -2.30. The maximum Gasteiger partial charge on any atom is 0.229 e. The highest BCUT2D eigenvalue weighted by molar-refractivity contribution is 6.32. The number of anilines is 1. The number of hydrogen-bond donors (Lipinski definition) is 1. The Bertz CT molecular complexity index is 876. The molecule has 0 aliphatic carbocycles. The molecule has 1 aliphatic rings. The summed E-state index contributed by atoms with van der Waals surface area (Å²) in [6.45, 7) is 2.35. The van der Waals surface area contributed by atoms with Gasteiger partial charge >= 0.3 is 0 Å². The molecule has 0 unspecified atom stereocenters. The summed E-state index contributed by atoms with van der Waals surface area (Å²) in [4.78, 5) is 26.7. The molecule has 2 aromatic rings. The molecule has 0 spiro atoms. The molecule has 2 atom stereocenters. The van der Waals surface area contributed by atoms with Gasteiger partial charge in [-0.1, -0.05) is 41.9 Å². The first-order valence-corrected chi connectivity index (χ1v) is 8.72. The van der Waals surface area contributed by atoms with Gasteiger partial charge in [-0.2, -0.15) is 5.26 Å². The summed E-state index contributed by atoms with van der Waals surface area (Å²) in [5.74, 6) is -0.663. The molecule has 0 bridgehead atoms. The normalized spacial score (nSPS) is 17.7. The van der Waals surface area contributed by atoms with Gasteiger partial charge in [0.1, 0.15) is 6.07 Å². The zero-order valence-corrected chi connectivity index (χ0v) is 15.0. The van der Waals surface area contributed by atoms with Crippen molar-refractivity contribution in [1.29, 1.82) is 5.26 Å². The second-order valence-electron chi connectivity index (χ2n) is 6.33. The zero-order valence-electron chi connectivity index (χ0n) is 14.3. The van der Waals surface area contributed by atoms with Crippen molar-refractivity contribution in [2.45, 2.75) is 19.4 Å². The van der Waals surface area contributed by atoms with Crippen molar-refractivity contribution in [2.75, 3.05) is 11.9 Å². The van der Waals surface area contributed by atoms with Crippen LogP contribution >= 0.6 is 11.6 Å². The summed E-state index contributed by atoms with van der Waals surface area (Å²) in [6, 6.07) is 16.4. The van der Waals surface area contributed by atoms with E-state index in [9.17, 15) is 9.59 Å². The Morgan fingerprint density at radius 1 is 1.31 bits per heavy atom. The van der Waals surface area contributed by atoms with E-state index in [1.807, 2.05) is 43.3 Å². The minimum absolute atomic E-state index is 0.0284. The van der Waals surface area contributed by atoms with Crippen molar-refractivity contribution in [1.82, 2.24) is 4.90 Å². The van der Waals surface area contributed by atoms with Gasteiger partial charge in [0.2, 0.25) is 11.8 Å². The third-order valence-electron chi connectivity index (χ3n) is 4.64. The van der Waals surface area contributed by atoms with Gasteiger partial charge in [0.05, 0.1) is 22.5 Å². The molecule has 2 aromatic carbocycles. The fourth-order valence-electron chi connectivity index (χ4n) is 3.12. The van der Waals surface area contributed by atoms with Gasteiger partial charge in [0.25, 0.3) is 0 Å². The fraction of sp³-hybridized carbons (Fsp3) is 0.250. The Morgan fingerprint density at radius 2 is 2.04 bits per heavy atom. The van der Waals surface area contributed by atoms with Gasteiger partial charge in [0, 0.05) is 18.7 Å². The smallest absolute Gasteiger partial charge is 0.229 e. The number of rotatable bonds is 4. The number of nitrogens with zero attached hydrogens (tertiary/aromatic N) is 2. The van der Waals surface area contributed by atoms with Crippen molar-refractivity contribution < 1.29 is 9.59 Å². The quantitative estimate of drug-likeness (QED) is 0.894. The van der Waals surface area contributed by atoms with Crippen LogP contribution in [0.25, 0.3) is 0 Å². The maximum atomic E-state index is 12.5. The van der Waals surface area contributed by atoms with Crippen molar-refractivity contribution in [3.8, 4) is 6.07 Å². The van der Waals surface area contributed by atoms with Crippen LogP contribution in [0.1, 0.15) is 30.5 Å². The number of hydrogen-bond acceptors (Lipinski definition) is 3. The van der Waals surface area contributed by atoms with Crippen LogP contribution in [0, 0.1) is 17.2 Å². The van der Waals surface area contributed by atoms with Gasteiger partial charge in [0.15, 0.2) is 0 Å². The van der Waals surface area contributed by atoms with Crippen LogP contribution < -0.4 is 5.32 Å². The van der Waals surface area contributed by atoms with Gasteiger partial charge in [-0.25, -0.2) is 0 Å². The predicted molar refractivity (Wildman–Crippen MR) is 99.5 cm³/mol. The average Bonchev–Trinajstić information content (AvgIpc) is 3.04. The summed E-state index contributed by atoms with van der Waals surface area (Å²) in [7, 11) is 0. The van der Waals surface area contributed by atoms with Crippen LogP contribution in [0.5, 0.6) is 0 Å². The average molecular weight is 368 g/mol. The standard InChI is InChI=1S/C20H18ClN3O2/c1-13(14-5-3-2-4-6-14)24-12-16(9-19(24)25)20(26)23-17-8-7-15(11-22)18(21)10-17/h2-8,10,13,16H,9,12H2,1H3,(H,23,26)/t13-,16-/m0/s1. The first-order valence-electron chi connectivity index (χ1n) is 8.34. The molecule has 3 rings (SSSR count). The molecule has 1 heterocycles. The SMILES string of the molecule is C[C@@H](c1ccccc1)N1C[C@@H](C(=O)Nc2ccc(C#N)c(Cl)c2)CC1=O. The summed E-state index contributed by atoms with van der Waals surface area (Å²) >= 11 is 5.99. The van der Waals surface area contributed by atoms with E-state index in [-0.39, 0.29) is 29.3 Å². The minimum Gasteiger partial charge on any atom is -0.335 e. The van der Waals surface area contributed by atoms with E-state index in [0.717, 1.165) is 5.56 Å². The monoisotopic (exact) mass is 367 g/mol. The number of nitrogens with one attached hydrogen (secondary N) is 1. The van der Waals surface area contributed by atoms with E-state index in [0.29, 0.717) is 17.8 Å². The second kappa shape index (κ2) is 7.59. The molecule has 5 nitrogen and oxygen atoms in total. The van der Waals surface area contributed by atoms with Crippen LogP contribution in [0.15, 0.2) is 48.5 Å². The minimum atomic E-state index is -0.414. The molecule has 0 radical (unpaired) electrons. The van der Waals surface area contributed by atoms with Crippen LogP contribution in [-0.4, -0.2) is 23.3 Å². The molecule has 1 saturated heterocycles. The Morgan fingerprint density at radius 3 is 2.69 bits per heavy atom. The van der Waals surface area contributed by atoms with Gasteiger partial charge < -0.3 is 10.2 Å². The topological polar surface area (TPSA) is 73.2 Å². The molecule has 6 heteroatoms. The Labute approximate surface area is 157 Å². The second-order valence-corrected chi connectivity index (χ2v) is 6.74. The number of halogens is 1. The summed E-state index contributed by atoms with van der Waals surface area (Å²) in [6.07, 6.45) is 0.188. The lowest BCUT2D eigenvalue weighted by atomic mass is 10.1. The Hall–Kier alpha value is -2.84. The number of amides is 2. The van der Waals surface area contributed by atoms with Crippen molar-refractivity contribution >= 4 is 29.1 Å². The van der Waals surface area contributed by atoms with Gasteiger partial charge in [-0.3, -0.25) is 9.59 Å². The highest BCUT2D eigenvalue weighted by Crippen LogP contribution is 2.29. The third kappa shape index (κ3) is 3.71. The maximum absolute atomic E-state index is 12.5. The highest BCUT2D eigenvalue weighted by Gasteiger charge is 2.37. The van der Waals surface area contributed by atoms with Gasteiger partial charge in [-0.05, 0) is 30.7 Å². The van der Waals surface area contributed by atoms with Gasteiger partial charge in [-0.15, -0.1) is 0 Å². The lowest BCUT2D eigenvalue weighted by molar-refractivity contribution is -0.129. The molecule has 2 amide bonds.